The molecule has 86 valence electrons. The maximum Gasteiger partial charge on any atom is 0.236 e. The van der Waals surface area contributed by atoms with E-state index in [0.29, 0.717) is 13.1 Å². The van der Waals surface area contributed by atoms with Crippen molar-refractivity contribution in [3.05, 3.63) is 28.5 Å². The number of hydrogen-bond donors (Lipinski definition) is 1. The van der Waals surface area contributed by atoms with Crippen molar-refractivity contribution in [3.8, 4) is 0 Å². The third-order valence-corrected chi connectivity index (χ3v) is 2.98. The fraction of sp³-hybridized carbons (Fsp3) is 0.455. The average molecular weight is 284 g/mol. The van der Waals surface area contributed by atoms with E-state index in [1.807, 2.05) is 11.0 Å². The highest BCUT2D eigenvalue weighted by atomic mass is 79.9. The van der Waals surface area contributed by atoms with Gasteiger partial charge in [0.2, 0.25) is 5.91 Å². The molecule has 1 saturated heterocycles. The Kier molecular flexibility index (Phi) is 3.90. The maximum absolute atomic E-state index is 11.7. The summed E-state index contributed by atoms with van der Waals surface area (Å²) in [4.78, 5) is 17.7. The molecule has 0 radical (unpaired) electrons. The van der Waals surface area contributed by atoms with Gasteiger partial charge in [-0.3, -0.25) is 9.78 Å². The predicted molar refractivity (Wildman–Crippen MR) is 64.8 cm³/mol. The lowest BCUT2D eigenvalue weighted by atomic mass is 10.2. The third kappa shape index (κ3) is 3.02. The molecule has 0 aromatic carbocycles. The smallest absolute Gasteiger partial charge is 0.236 e. The Morgan fingerprint density at radius 2 is 2.38 bits per heavy atom. The minimum atomic E-state index is 0.164. The van der Waals surface area contributed by atoms with E-state index >= 15 is 0 Å². The molecule has 1 aromatic rings. The van der Waals surface area contributed by atoms with Gasteiger partial charge in [0.25, 0.3) is 0 Å². The molecule has 0 saturated carbocycles. The summed E-state index contributed by atoms with van der Waals surface area (Å²) in [5.41, 5.74) is 1.06. The van der Waals surface area contributed by atoms with Crippen molar-refractivity contribution < 1.29 is 4.79 Å². The highest BCUT2D eigenvalue weighted by Crippen LogP contribution is 2.12. The summed E-state index contributed by atoms with van der Waals surface area (Å²) in [7, 11) is 0. The molecule has 16 heavy (non-hydrogen) atoms. The van der Waals surface area contributed by atoms with Gasteiger partial charge < -0.3 is 10.2 Å². The molecular formula is C11H14BrN3O. The number of carbonyl (C=O) groups excluding carboxylic acids is 1. The fourth-order valence-corrected chi connectivity index (χ4v) is 2.17. The van der Waals surface area contributed by atoms with Gasteiger partial charge >= 0.3 is 0 Å². The van der Waals surface area contributed by atoms with E-state index in [2.05, 4.69) is 26.2 Å². The van der Waals surface area contributed by atoms with Crippen molar-refractivity contribution in [1.29, 1.82) is 0 Å². The molecule has 2 rings (SSSR count). The van der Waals surface area contributed by atoms with Gasteiger partial charge in [0.15, 0.2) is 0 Å². The molecule has 0 bridgehead atoms. The highest BCUT2D eigenvalue weighted by Gasteiger charge is 2.16. The Hall–Kier alpha value is -0.940. The first-order valence-corrected chi connectivity index (χ1v) is 6.13. The number of hydrogen-bond acceptors (Lipinski definition) is 3. The third-order valence-electron chi connectivity index (χ3n) is 2.55. The Balaban J connectivity index is 2.05. The first kappa shape index (κ1) is 11.5. The Labute approximate surface area is 103 Å². The molecule has 4 nitrogen and oxygen atoms in total. The minimum absolute atomic E-state index is 0.164. The number of amides is 1. The second-order valence-corrected chi connectivity index (χ2v) is 4.77. The van der Waals surface area contributed by atoms with Crippen LogP contribution in [-0.4, -0.2) is 35.4 Å². The van der Waals surface area contributed by atoms with Crippen molar-refractivity contribution in [1.82, 2.24) is 15.2 Å². The molecule has 2 heterocycles. The van der Waals surface area contributed by atoms with Crippen LogP contribution in [-0.2, 0) is 11.3 Å². The summed E-state index contributed by atoms with van der Waals surface area (Å²) in [6.07, 6.45) is 4.55. The topological polar surface area (TPSA) is 45.2 Å². The predicted octanol–water partition coefficient (Wildman–Crippen LogP) is 1.17. The van der Waals surface area contributed by atoms with Crippen molar-refractivity contribution >= 4 is 21.8 Å². The van der Waals surface area contributed by atoms with Crippen LogP contribution in [0.2, 0.25) is 0 Å². The molecule has 5 heteroatoms. The van der Waals surface area contributed by atoms with Gasteiger partial charge in [-0.15, -0.1) is 0 Å². The van der Waals surface area contributed by atoms with Crippen LogP contribution in [0.3, 0.4) is 0 Å². The van der Waals surface area contributed by atoms with Gasteiger partial charge in [0.1, 0.15) is 0 Å². The van der Waals surface area contributed by atoms with Gasteiger partial charge in [0, 0.05) is 30.0 Å². The molecule has 1 aliphatic rings. The van der Waals surface area contributed by atoms with E-state index in [0.717, 1.165) is 29.5 Å². The zero-order valence-corrected chi connectivity index (χ0v) is 10.5. The van der Waals surface area contributed by atoms with Crippen LogP contribution in [0.5, 0.6) is 0 Å². The van der Waals surface area contributed by atoms with Crippen molar-refractivity contribution in [3.63, 3.8) is 0 Å². The van der Waals surface area contributed by atoms with Crippen molar-refractivity contribution in [2.24, 2.45) is 0 Å². The van der Waals surface area contributed by atoms with Crippen molar-refractivity contribution in [2.45, 2.75) is 13.0 Å². The monoisotopic (exact) mass is 283 g/mol. The molecule has 1 aromatic heterocycles. The summed E-state index contributed by atoms with van der Waals surface area (Å²) in [6, 6.07) is 2.00. The number of carbonyl (C=O) groups is 1. The molecular weight excluding hydrogens is 270 g/mol. The molecule has 0 atom stereocenters. The van der Waals surface area contributed by atoms with Gasteiger partial charge in [-0.25, -0.2) is 0 Å². The zero-order chi connectivity index (χ0) is 11.4. The first-order chi connectivity index (χ1) is 7.75. The van der Waals surface area contributed by atoms with Crippen LogP contribution < -0.4 is 5.32 Å². The van der Waals surface area contributed by atoms with E-state index in [1.165, 1.54) is 0 Å². The van der Waals surface area contributed by atoms with E-state index in [1.54, 1.807) is 12.4 Å². The largest absolute Gasteiger partial charge is 0.337 e. The Bertz CT molecular complexity index is 383. The number of rotatable bonds is 2. The molecule has 1 N–H and O–H groups in total. The average Bonchev–Trinajstić information content (AvgIpc) is 2.45. The molecule has 0 spiro atoms. The molecule has 1 fully saturated rings. The molecule has 0 unspecified atom stereocenters. The lowest BCUT2D eigenvalue weighted by Gasteiger charge is -2.19. The van der Waals surface area contributed by atoms with Crippen LogP contribution >= 0.6 is 15.9 Å². The number of halogens is 1. The summed E-state index contributed by atoms with van der Waals surface area (Å²) < 4.78 is 0.949. The fourth-order valence-electron chi connectivity index (χ4n) is 1.76. The number of pyridine rings is 1. The van der Waals surface area contributed by atoms with Crippen molar-refractivity contribution in [2.75, 3.05) is 19.6 Å². The van der Waals surface area contributed by atoms with E-state index in [4.69, 9.17) is 0 Å². The second kappa shape index (κ2) is 5.41. The van der Waals surface area contributed by atoms with E-state index in [9.17, 15) is 4.79 Å². The standard InChI is InChI=1S/C11H14BrN3O/c12-10-4-9(5-14-6-10)8-15-3-1-2-13-7-11(15)16/h4-6,13H,1-3,7-8H2. The molecule has 1 amide bonds. The quantitative estimate of drug-likeness (QED) is 0.886. The minimum Gasteiger partial charge on any atom is -0.337 e. The Morgan fingerprint density at radius 3 is 3.19 bits per heavy atom. The number of nitrogens with one attached hydrogen (secondary N) is 1. The maximum atomic E-state index is 11.7. The van der Waals surface area contributed by atoms with Crippen LogP contribution in [0.1, 0.15) is 12.0 Å². The summed E-state index contributed by atoms with van der Waals surface area (Å²) in [6.45, 7) is 2.83. The van der Waals surface area contributed by atoms with Gasteiger partial charge in [0.05, 0.1) is 6.54 Å². The van der Waals surface area contributed by atoms with E-state index < -0.39 is 0 Å². The lowest BCUT2D eigenvalue weighted by Crippen LogP contribution is -2.34. The normalized spacial score (nSPS) is 17.3. The first-order valence-electron chi connectivity index (χ1n) is 5.33. The lowest BCUT2D eigenvalue weighted by molar-refractivity contribution is -0.130. The highest BCUT2D eigenvalue weighted by molar-refractivity contribution is 9.10. The van der Waals surface area contributed by atoms with E-state index in [-0.39, 0.29) is 5.91 Å². The zero-order valence-electron chi connectivity index (χ0n) is 8.95. The van der Waals surface area contributed by atoms with Crippen LogP contribution in [0, 0.1) is 0 Å². The molecule has 0 aliphatic carbocycles. The SMILES string of the molecule is O=C1CNCCCN1Cc1cncc(Br)c1. The van der Waals surface area contributed by atoms with Crippen LogP contribution in [0.25, 0.3) is 0 Å². The number of nitrogens with zero attached hydrogens (tertiary/aromatic N) is 2. The van der Waals surface area contributed by atoms with Gasteiger partial charge in [-0.05, 0) is 40.5 Å². The summed E-state index contributed by atoms with van der Waals surface area (Å²) >= 11 is 3.38. The summed E-state index contributed by atoms with van der Waals surface area (Å²) in [5, 5.41) is 3.11. The number of aromatic nitrogens is 1. The summed E-state index contributed by atoms with van der Waals surface area (Å²) in [5.74, 6) is 0.164. The van der Waals surface area contributed by atoms with Crippen LogP contribution in [0.15, 0.2) is 22.9 Å². The van der Waals surface area contributed by atoms with Gasteiger partial charge in [-0.2, -0.15) is 0 Å². The van der Waals surface area contributed by atoms with Crippen LogP contribution in [0.4, 0.5) is 0 Å². The molecule has 1 aliphatic heterocycles. The van der Waals surface area contributed by atoms with Gasteiger partial charge in [-0.1, -0.05) is 0 Å². The second-order valence-electron chi connectivity index (χ2n) is 3.86. The Morgan fingerprint density at radius 1 is 1.50 bits per heavy atom.